The Labute approximate surface area is 197 Å². The van der Waals surface area contributed by atoms with Crippen molar-refractivity contribution in [3.05, 3.63) is 57.3 Å². The lowest BCUT2D eigenvalue weighted by atomic mass is 9.86. The third-order valence-electron chi connectivity index (χ3n) is 6.74. The van der Waals surface area contributed by atoms with Crippen molar-refractivity contribution in [1.29, 1.82) is 0 Å². The summed E-state index contributed by atoms with van der Waals surface area (Å²) in [5, 5.41) is 2.99. The predicted octanol–water partition coefficient (Wildman–Crippen LogP) is 5.17. The lowest BCUT2D eigenvalue weighted by Gasteiger charge is -2.34. The van der Waals surface area contributed by atoms with E-state index in [-0.39, 0.29) is 23.6 Å². The lowest BCUT2D eigenvalue weighted by Crippen LogP contribution is -2.29. The highest BCUT2D eigenvalue weighted by molar-refractivity contribution is 7.13. The highest BCUT2D eigenvalue weighted by Crippen LogP contribution is 2.44. The fraction of sp³-hybridized carbons (Fsp3) is 0.423. The van der Waals surface area contributed by atoms with Gasteiger partial charge in [-0.15, -0.1) is 11.3 Å². The van der Waals surface area contributed by atoms with Crippen molar-refractivity contribution in [2.24, 2.45) is 5.92 Å². The number of aromatic nitrogens is 2. The summed E-state index contributed by atoms with van der Waals surface area (Å²) in [7, 11) is 0. The Hall–Kier alpha value is -2.93. The standard InChI is InChI=1S/C26H29N3O3S/c1-4-32-26(31)20-15-29-21(16(2)3)11-17-12-22(28-8-5-6-9-28)19(25-27-7-10-33-25)13-18(17)23(29)14-24(20)30/h7,10,12-16,21H,4-6,8-9,11H2,1-3H3. The highest BCUT2D eigenvalue weighted by Gasteiger charge is 2.30. The molecule has 0 aliphatic carbocycles. The zero-order valence-corrected chi connectivity index (χ0v) is 20.2. The number of carbonyl (C=O) groups excluding carboxylic acids is 1. The van der Waals surface area contributed by atoms with Gasteiger partial charge in [0.2, 0.25) is 0 Å². The van der Waals surface area contributed by atoms with Crippen LogP contribution in [0.25, 0.3) is 21.8 Å². The van der Waals surface area contributed by atoms with Crippen LogP contribution in [0.3, 0.4) is 0 Å². The van der Waals surface area contributed by atoms with Crippen LogP contribution in [-0.4, -0.2) is 35.2 Å². The van der Waals surface area contributed by atoms with Crippen molar-refractivity contribution >= 4 is 23.0 Å². The summed E-state index contributed by atoms with van der Waals surface area (Å²) in [5.41, 5.74) is 5.31. The first-order chi connectivity index (χ1) is 16.0. The van der Waals surface area contributed by atoms with Crippen LogP contribution in [0.15, 0.2) is 40.8 Å². The molecular formula is C26H29N3O3S. The third-order valence-corrected chi connectivity index (χ3v) is 7.54. The van der Waals surface area contributed by atoms with Gasteiger partial charge < -0.3 is 14.2 Å². The maximum absolute atomic E-state index is 13.0. The molecule has 33 heavy (non-hydrogen) atoms. The molecule has 0 amide bonds. The molecule has 0 N–H and O–H groups in total. The molecule has 1 unspecified atom stereocenters. The van der Waals surface area contributed by atoms with Gasteiger partial charge in [0.25, 0.3) is 0 Å². The molecule has 5 rings (SSSR count). The molecule has 6 nitrogen and oxygen atoms in total. The average molecular weight is 464 g/mol. The Kier molecular flexibility index (Phi) is 5.83. The molecule has 0 spiro atoms. The summed E-state index contributed by atoms with van der Waals surface area (Å²) >= 11 is 1.63. The minimum atomic E-state index is -0.557. The second kappa shape index (κ2) is 8.78. The number of hydrogen-bond acceptors (Lipinski definition) is 6. The van der Waals surface area contributed by atoms with Gasteiger partial charge >= 0.3 is 5.97 Å². The molecule has 0 saturated carbocycles. The van der Waals surface area contributed by atoms with Crippen molar-refractivity contribution in [2.75, 3.05) is 24.6 Å². The Morgan fingerprint density at radius 1 is 1.21 bits per heavy atom. The summed E-state index contributed by atoms with van der Waals surface area (Å²) in [4.78, 5) is 32.4. The minimum absolute atomic E-state index is 0.100. The van der Waals surface area contributed by atoms with Crippen LogP contribution in [0.5, 0.6) is 0 Å². The maximum atomic E-state index is 13.0. The second-order valence-corrected chi connectivity index (χ2v) is 10.0. The molecule has 7 heteroatoms. The molecule has 172 valence electrons. The number of fused-ring (bicyclic) bond motifs is 3. The number of thiazole rings is 1. The van der Waals surface area contributed by atoms with Gasteiger partial charge in [-0.2, -0.15) is 0 Å². The normalized spacial score (nSPS) is 17.2. The molecule has 3 aromatic rings. The molecule has 2 aliphatic heterocycles. The SMILES string of the molecule is CCOC(=O)c1cn2c(cc1=O)-c1cc(-c3nccs3)c(N3CCCC3)cc1CC2C(C)C. The van der Waals surface area contributed by atoms with Crippen LogP contribution in [0, 0.1) is 5.92 Å². The van der Waals surface area contributed by atoms with E-state index in [0.29, 0.717) is 5.92 Å². The van der Waals surface area contributed by atoms with E-state index in [4.69, 9.17) is 4.74 Å². The van der Waals surface area contributed by atoms with E-state index in [0.717, 1.165) is 41.3 Å². The maximum Gasteiger partial charge on any atom is 0.343 e. The summed E-state index contributed by atoms with van der Waals surface area (Å²) in [6.07, 6.45) is 6.81. The first kappa shape index (κ1) is 21.9. The van der Waals surface area contributed by atoms with E-state index in [9.17, 15) is 9.59 Å². The van der Waals surface area contributed by atoms with Gasteiger partial charge in [0.15, 0.2) is 5.43 Å². The van der Waals surface area contributed by atoms with Crippen molar-refractivity contribution in [2.45, 2.75) is 46.1 Å². The molecule has 2 aromatic heterocycles. The van der Waals surface area contributed by atoms with Crippen LogP contribution in [0.1, 0.15) is 55.6 Å². The number of carbonyl (C=O) groups is 1. The summed E-state index contributed by atoms with van der Waals surface area (Å²) in [5.74, 6) is -0.220. The Morgan fingerprint density at radius 3 is 2.67 bits per heavy atom. The smallest absolute Gasteiger partial charge is 0.343 e. The molecule has 1 saturated heterocycles. The van der Waals surface area contributed by atoms with Crippen LogP contribution in [0.4, 0.5) is 5.69 Å². The van der Waals surface area contributed by atoms with Crippen molar-refractivity contribution in [3.8, 4) is 21.8 Å². The average Bonchev–Trinajstić information content (AvgIpc) is 3.51. The topological polar surface area (TPSA) is 64.4 Å². The number of anilines is 1. The molecule has 2 aliphatic rings. The lowest BCUT2D eigenvalue weighted by molar-refractivity contribution is 0.0523. The first-order valence-corrected chi connectivity index (χ1v) is 12.6. The number of rotatable bonds is 5. The molecule has 1 aromatic carbocycles. The van der Waals surface area contributed by atoms with Crippen LogP contribution >= 0.6 is 11.3 Å². The number of ether oxygens (including phenoxy) is 1. The number of esters is 1. The van der Waals surface area contributed by atoms with Crippen LogP contribution in [0.2, 0.25) is 0 Å². The molecular weight excluding hydrogens is 434 g/mol. The van der Waals surface area contributed by atoms with Crippen LogP contribution < -0.4 is 10.3 Å². The van der Waals surface area contributed by atoms with E-state index in [1.807, 2.05) is 11.6 Å². The fourth-order valence-corrected chi connectivity index (χ4v) is 5.73. The van der Waals surface area contributed by atoms with E-state index in [1.165, 1.54) is 24.1 Å². The van der Waals surface area contributed by atoms with Gasteiger partial charge in [-0.1, -0.05) is 13.8 Å². The van der Waals surface area contributed by atoms with Crippen molar-refractivity contribution in [1.82, 2.24) is 9.55 Å². The van der Waals surface area contributed by atoms with Gasteiger partial charge in [-0.3, -0.25) is 4.79 Å². The van der Waals surface area contributed by atoms with Gasteiger partial charge in [-0.05, 0) is 49.8 Å². The van der Waals surface area contributed by atoms with E-state index >= 15 is 0 Å². The van der Waals surface area contributed by atoms with E-state index in [1.54, 1.807) is 30.5 Å². The largest absolute Gasteiger partial charge is 0.462 e. The Bertz CT molecular complexity index is 1240. The summed E-state index contributed by atoms with van der Waals surface area (Å²) < 4.78 is 7.25. The van der Waals surface area contributed by atoms with Gasteiger partial charge in [0.05, 0.1) is 12.3 Å². The number of nitrogens with zero attached hydrogens (tertiary/aromatic N) is 3. The quantitative estimate of drug-likeness (QED) is 0.489. The zero-order valence-electron chi connectivity index (χ0n) is 19.3. The highest BCUT2D eigenvalue weighted by atomic mass is 32.1. The molecule has 4 heterocycles. The molecule has 0 bridgehead atoms. The predicted molar refractivity (Wildman–Crippen MR) is 132 cm³/mol. The van der Waals surface area contributed by atoms with Crippen molar-refractivity contribution in [3.63, 3.8) is 0 Å². The number of hydrogen-bond donors (Lipinski definition) is 0. The molecule has 1 atom stereocenters. The monoisotopic (exact) mass is 463 g/mol. The van der Waals surface area contributed by atoms with Gasteiger partial charge in [0.1, 0.15) is 10.6 Å². The third kappa shape index (κ3) is 3.88. The number of benzene rings is 1. The van der Waals surface area contributed by atoms with Crippen LogP contribution in [-0.2, 0) is 11.2 Å². The fourth-order valence-electron chi connectivity index (χ4n) is 5.07. The molecule has 1 fully saturated rings. The van der Waals surface area contributed by atoms with Gasteiger partial charge in [0, 0.05) is 59.8 Å². The summed E-state index contributed by atoms with van der Waals surface area (Å²) in [6.45, 7) is 8.49. The second-order valence-electron chi connectivity index (χ2n) is 9.14. The van der Waals surface area contributed by atoms with Crippen molar-refractivity contribution < 1.29 is 9.53 Å². The van der Waals surface area contributed by atoms with Gasteiger partial charge in [-0.25, -0.2) is 9.78 Å². The Balaban J connectivity index is 1.72. The first-order valence-electron chi connectivity index (χ1n) is 11.7. The van der Waals surface area contributed by atoms with E-state index in [2.05, 4.69) is 40.4 Å². The Morgan fingerprint density at radius 2 is 2.00 bits per heavy atom. The zero-order chi connectivity index (χ0) is 23.1. The number of pyridine rings is 1. The molecule has 0 radical (unpaired) electrons. The van der Waals surface area contributed by atoms with E-state index < -0.39 is 5.97 Å². The minimum Gasteiger partial charge on any atom is -0.462 e. The summed E-state index contributed by atoms with van der Waals surface area (Å²) in [6, 6.07) is 6.28.